The number of nitrogens with one attached hydrogen (secondary N) is 1. The van der Waals surface area contributed by atoms with E-state index in [2.05, 4.69) is 10.3 Å². The lowest BCUT2D eigenvalue weighted by Crippen LogP contribution is -2.39. The van der Waals surface area contributed by atoms with Crippen LogP contribution in [0.15, 0.2) is 18.5 Å². The number of pyridine rings is 1. The standard InChI is InChI=1S/C11H17N3O.2ClH/c1-7(2)10(12)11(15)14-9-4-8(3)5-13-6-9;;/h4-7,10H,12H2,1-3H3,(H,14,15);2*1H. The van der Waals surface area contributed by atoms with Crippen LogP contribution < -0.4 is 11.1 Å². The molecule has 0 fully saturated rings. The van der Waals surface area contributed by atoms with Crippen LogP contribution in [0.25, 0.3) is 0 Å². The topological polar surface area (TPSA) is 68.0 Å². The van der Waals surface area contributed by atoms with E-state index < -0.39 is 6.04 Å². The summed E-state index contributed by atoms with van der Waals surface area (Å²) in [4.78, 5) is 15.6. The Morgan fingerprint density at radius 3 is 2.41 bits per heavy atom. The third kappa shape index (κ3) is 5.86. The Hall–Kier alpha value is -0.840. The molecule has 1 unspecified atom stereocenters. The average molecular weight is 280 g/mol. The van der Waals surface area contributed by atoms with Gasteiger partial charge in [-0.15, -0.1) is 24.8 Å². The van der Waals surface area contributed by atoms with Crippen molar-refractivity contribution < 1.29 is 4.79 Å². The van der Waals surface area contributed by atoms with E-state index in [1.54, 1.807) is 12.4 Å². The lowest BCUT2D eigenvalue weighted by atomic mass is 10.1. The van der Waals surface area contributed by atoms with E-state index in [0.717, 1.165) is 5.56 Å². The van der Waals surface area contributed by atoms with Crippen LogP contribution in [0.4, 0.5) is 5.69 Å². The minimum absolute atomic E-state index is 0. The van der Waals surface area contributed by atoms with Gasteiger partial charge < -0.3 is 11.1 Å². The molecular formula is C11H19Cl2N3O. The van der Waals surface area contributed by atoms with Gasteiger partial charge in [-0.2, -0.15) is 0 Å². The molecule has 0 spiro atoms. The monoisotopic (exact) mass is 279 g/mol. The van der Waals surface area contributed by atoms with E-state index in [1.807, 2.05) is 26.8 Å². The van der Waals surface area contributed by atoms with Crippen molar-refractivity contribution in [3.8, 4) is 0 Å². The fourth-order valence-electron chi connectivity index (χ4n) is 1.15. The molecule has 0 aliphatic carbocycles. The number of carbonyl (C=O) groups excluding carboxylic acids is 1. The first-order valence-electron chi connectivity index (χ1n) is 4.99. The van der Waals surface area contributed by atoms with E-state index >= 15 is 0 Å². The Morgan fingerprint density at radius 2 is 1.94 bits per heavy atom. The normalized spacial score (nSPS) is 11.1. The molecule has 1 aromatic heterocycles. The van der Waals surface area contributed by atoms with Gasteiger partial charge >= 0.3 is 0 Å². The summed E-state index contributed by atoms with van der Waals surface area (Å²) in [6.07, 6.45) is 3.34. The first kappa shape index (κ1) is 18.5. The first-order chi connectivity index (χ1) is 7.00. The molecule has 0 aliphatic heterocycles. The highest BCUT2D eigenvalue weighted by atomic mass is 35.5. The van der Waals surface area contributed by atoms with Crippen molar-refractivity contribution in [2.45, 2.75) is 26.8 Å². The van der Waals surface area contributed by atoms with E-state index in [9.17, 15) is 4.79 Å². The second-order valence-corrected chi connectivity index (χ2v) is 4.01. The van der Waals surface area contributed by atoms with Crippen LogP contribution in [-0.4, -0.2) is 16.9 Å². The molecule has 17 heavy (non-hydrogen) atoms. The molecule has 1 atom stereocenters. The highest BCUT2D eigenvalue weighted by molar-refractivity contribution is 5.94. The van der Waals surface area contributed by atoms with Gasteiger partial charge in [0.25, 0.3) is 0 Å². The summed E-state index contributed by atoms with van der Waals surface area (Å²) >= 11 is 0. The number of anilines is 1. The van der Waals surface area contributed by atoms with Crippen molar-refractivity contribution in [3.05, 3.63) is 24.0 Å². The van der Waals surface area contributed by atoms with Crippen LogP contribution in [0.3, 0.4) is 0 Å². The van der Waals surface area contributed by atoms with Crippen LogP contribution in [0.1, 0.15) is 19.4 Å². The van der Waals surface area contributed by atoms with Crippen LogP contribution >= 0.6 is 24.8 Å². The van der Waals surface area contributed by atoms with Crippen LogP contribution in [-0.2, 0) is 4.79 Å². The zero-order chi connectivity index (χ0) is 11.4. The van der Waals surface area contributed by atoms with Gasteiger partial charge in [0.05, 0.1) is 17.9 Å². The highest BCUT2D eigenvalue weighted by Gasteiger charge is 2.16. The smallest absolute Gasteiger partial charge is 0.241 e. The number of aryl methyl sites for hydroxylation is 1. The first-order valence-corrected chi connectivity index (χ1v) is 4.99. The molecule has 1 amide bonds. The number of rotatable bonds is 3. The summed E-state index contributed by atoms with van der Waals surface area (Å²) in [6, 6.07) is 1.38. The molecule has 0 bridgehead atoms. The van der Waals surface area contributed by atoms with Crippen molar-refractivity contribution in [3.63, 3.8) is 0 Å². The Bertz CT molecular complexity index is 358. The van der Waals surface area contributed by atoms with Crippen molar-refractivity contribution in [1.29, 1.82) is 0 Å². The highest BCUT2D eigenvalue weighted by Crippen LogP contribution is 2.08. The lowest BCUT2D eigenvalue weighted by Gasteiger charge is -2.15. The van der Waals surface area contributed by atoms with E-state index in [4.69, 9.17) is 5.73 Å². The van der Waals surface area contributed by atoms with Crippen LogP contribution in [0.5, 0.6) is 0 Å². The molecule has 6 heteroatoms. The molecule has 0 saturated heterocycles. The van der Waals surface area contributed by atoms with Gasteiger partial charge in [-0.1, -0.05) is 13.8 Å². The van der Waals surface area contributed by atoms with Gasteiger partial charge in [0, 0.05) is 6.20 Å². The van der Waals surface area contributed by atoms with Gasteiger partial charge in [0.1, 0.15) is 0 Å². The number of nitrogens with zero attached hydrogens (tertiary/aromatic N) is 1. The van der Waals surface area contributed by atoms with Gasteiger partial charge in [-0.25, -0.2) is 0 Å². The molecule has 0 aliphatic rings. The summed E-state index contributed by atoms with van der Waals surface area (Å²) in [5.41, 5.74) is 7.41. The predicted molar refractivity (Wildman–Crippen MR) is 74.9 cm³/mol. The van der Waals surface area contributed by atoms with Crippen molar-refractivity contribution >= 4 is 36.4 Å². The summed E-state index contributed by atoms with van der Waals surface area (Å²) < 4.78 is 0. The zero-order valence-corrected chi connectivity index (χ0v) is 11.8. The minimum Gasteiger partial charge on any atom is -0.323 e. The maximum atomic E-state index is 11.6. The van der Waals surface area contributed by atoms with E-state index in [1.165, 1.54) is 0 Å². The Balaban J connectivity index is 0. The predicted octanol–water partition coefficient (Wildman–Crippen LogP) is 2.16. The number of carbonyl (C=O) groups is 1. The lowest BCUT2D eigenvalue weighted by molar-refractivity contribution is -0.118. The fraction of sp³-hybridized carbons (Fsp3) is 0.455. The molecule has 98 valence electrons. The van der Waals surface area contributed by atoms with E-state index in [0.29, 0.717) is 5.69 Å². The number of nitrogens with two attached hydrogens (primary N) is 1. The molecule has 3 N–H and O–H groups in total. The third-order valence-electron chi connectivity index (χ3n) is 2.16. The summed E-state index contributed by atoms with van der Waals surface area (Å²) in [5.74, 6) is -0.0415. The van der Waals surface area contributed by atoms with Gasteiger partial charge in [-0.05, 0) is 24.5 Å². The third-order valence-corrected chi connectivity index (χ3v) is 2.16. The molecule has 4 nitrogen and oxygen atoms in total. The number of halogens is 2. The maximum absolute atomic E-state index is 11.6. The van der Waals surface area contributed by atoms with Crippen molar-refractivity contribution in [1.82, 2.24) is 4.98 Å². The number of amides is 1. The molecule has 0 radical (unpaired) electrons. The van der Waals surface area contributed by atoms with Gasteiger partial charge in [-0.3, -0.25) is 9.78 Å². The molecule has 0 saturated carbocycles. The molecular weight excluding hydrogens is 261 g/mol. The number of hydrogen-bond donors (Lipinski definition) is 2. The number of aromatic nitrogens is 1. The fourth-order valence-corrected chi connectivity index (χ4v) is 1.15. The Kier molecular flexibility index (Phi) is 9.02. The molecule has 0 aromatic carbocycles. The summed E-state index contributed by atoms with van der Waals surface area (Å²) in [5, 5.41) is 2.74. The molecule has 1 aromatic rings. The largest absolute Gasteiger partial charge is 0.323 e. The quantitative estimate of drug-likeness (QED) is 0.891. The van der Waals surface area contributed by atoms with Crippen molar-refractivity contribution in [2.24, 2.45) is 11.7 Å². The average Bonchev–Trinajstić information content (AvgIpc) is 2.16. The second kappa shape index (κ2) is 8.28. The van der Waals surface area contributed by atoms with Gasteiger partial charge in [0.15, 0.2) is 0 Å². The molecule has 1 rings (SSSR count). The van der Waals surface area contributed by atoms with Gasteiger partial charge in [0.2, 0.25) is 5.91 Å². The minimum atomic E-state index is -0.481. The Labute approximate surface area is 114 Å². The van der Waals surface area contributed by atoms with Crippen molar-refractivity contribution in [2.75, 3.05) is 5.32 Å². The summed E-state index contributed by atoms with van der Waals surface area (Å²) in [6.45, 7) is 5.75. The zero-order valence-electron chi connectivity index (χ0n) is 10.1. The second-order valence-electron chi connectivity index (χ2n) is 4.01. The Morgan fingerprint density at radius 1 is 1.35 bits per heavy atom. The number of hydrogen-bond acceptors (Lipinski definition) is 3. The van der Waals surface area contributed by atoms with Crippen LogP contribution in [0, 0.1) is 12.8 Å². The maximum Gasteiger partial charge on any atom is 0.241 e. The van der Waals surface area contributed by atoms with E-state index in [-0.39, 0.29) is 36.6 Å². The van der Waals surface area contributed by atoms with Crippen LogP contribution in [0.2, 0.25) is 0 Å². The SMILES string of the molecule is Cc1cncc(NC(=O)C(N)C(C)C)c1.Cl.Cl. The molecule has 1 heterocycles. The summed E-state index contributed by atoms with van der Waals surface area (Å²) in [7, 11) is 0.